The highest BCUT2D eigenvalue weighted by Crippen LogP contribution is 2.25. The second-order valence-electron chi connectivity index (χ2n) is 9.99. The normalized spacial score (nSPS) is 13.4. The van der Waals surface area contributed by atoms with Gasteiger partial charge in [-0.1, -0.05) is 58.9 Å². The summed E-state index contributed by atoms with van der Waals surface area (Å²) < 4.78 is 0. The molecule has 0 amide bonds. The van der Waals surface area contributed by atoms with Crippen molar-refractivity contribution in [3.05, 3.63) is 89.6 Å². The third-order valence-corrected chi connectivity index (χ3v) is 6.82. The first-order valence-corrected chi connectivity index (χ1v) is 13.9. The molecule has 2 rings (SSSR count). The number of pyridine rings is 2. The summed E-state index contributed by atoms with van der Waals surface area (Å²) in [5, 5.41) is 3.57. The molecule has 4 nitrogen and oxygen atoms in total. The monoisotopic (exact) mass is 500 g/mol. The molecule has 1 atom stereocenters. The van der Waals surface area contributed by atoms with Crippen LogP contribution in [0.5, 0.6) is 0 Å². The van der Waals surface area contributed by atoms with Crippen LogP contribution in [-0.4, -0.2) is 23.1 Å². The average molecular weight is 501 g/mol. The van der Waals surface area contributed by atoms with Crippen molar-refractivity contribution in [1.82, 2.24) is 9.97 Å². The lowest BCUT2D eigenvalue weighted by atomic mass is 9.97. The molecule has 2 heterocycles. The van der Waals surface area contributed by atoms with Crippen LogP contribution in [0.15, 0.2) is 78.3 Å². The van der Waals surface area contributed by atoms with Crippen LogP contribution in [0.4, 0.5) is 11.5 Å². The van der Waals surface area contributed by atoms with Crippen LogP contribution in [0.25, 0.3) is 5.57 Å². The fourth-order valence-electron chi connectivity index (χ4n) is 4.23. The molecule has 0 bridgehead atoms. The van der Waals surface area contributed by atoms with Crippen LogP contribution in [0.2, 0.25) is 0 Å². The van der Waals surface area contributed by atoms with Crippen LogP contribution in [-0.2, 0) is 0 Å². The summed E-state index contributed by atoms with van der Waals surface area (Å²) in [6.07, 6.45) is 15.9. The van der Waals surface area contributed by atoms with Crippen molar-refractivity contribution in [3.63, 3.8) is 0 Å². The van der Waals surface area contributed by atoms with E-state index in [-0.39, 0.29) is 0 Å². The Morgan fingerprint density at radius 3 is 2.51 bits per heavy atom. The van der Waals surface area contributed by atoms with Gasteiger partial charge in [-0.2, -0.15) is 0 Å². The second-order valence-corrected chi connectivity index (χ2v) is 9.99. The molecule has 0 fully saturated rings. The van der Waals surface area contributed by atoms with Gasteiger partial charge in [-0.05, 0) is 92.5 Å². The summed E-state index contributed by atoms with van der Waals surface area (Å²) in [5.41, 5.74) is 7.91. The fraction of sp³-hybridized carbons (Fsp3) is 0.455. The molecule has 0 saturated heterocycles. The minimum Gasteiger partial charge on any atom is -0.370 e. The van der Waals surface area contributed by atoms with Gasteiger partial charge in [-0.3, -0.25) is 4.98 Å². The van der Waals surface area contributed by atoms with E-state index < -0.39 is 0 Å². The first-order chi connectivity index (χ1) is 17.8. The van der Waals surface area contributed by atoms with E-state index in [1.807, 2.05) is 25.4 Å². The van der Waals surface area contributed by atoms with Crippen molar-refractivity contribution in [2.45, 2.75) is 80.6 Å². The third kappa shape index (κ3) is 10.0. The van der Waals surface area contributed by atoms with Crippen molar-refractivity contribution in [1.29, 1.82) is 0 Å². The van der Waals surface area contributed by atoms with Gasteiger partial charge in [0.15, 0.2) is 0 Å². The molecule has 2 aromatic heterocycles. The van der Waals surface area contributed by atoms with Crippen LogP contribution < -0.4 is 10.2 Å². The Kier molecular flexibility index (Phi) is 12.9. The van der Waals surface area contributed by atoms with E-state index in [0.717, 1.165) is 72.2 Å². The maximum Gasteiger partial charge on any atom is 0.130 e. The van der Waals surface area contributed by atoms with Crippen molar-refractivity contribution >= 4 is 17.1 Å². The number of allylic oxidation sites excluding steroid dienone is 6. The van der Waals surface area contributed by atoms with Crippen molar-refractivity contribution < 1.29 is 0 Å². The Morgan fingerprint density at radius 1 is 1.14 bits per heavy atom. The Morgan fingerprint density at radius 2 is 1.92 bits per heavy atom. The highest BCUT2D eigenvalue weighted by molar-refractivity contribution is 5.77. The van der Waals surface area contributed by atoms with Crippen molar-refractivity contribution in [3.8, 4) is 0 Å². The number of nitrogens with zero attached hydrogens (tertiary/aromatic N) is 3. The standard InChI is InChI=1S/C33H48N4/c1-9-13-31(23-29(12-4)21-26(6)28(8)30-16-18-34-27(7)22-30)36-33-15-14-32(24-35-33)37(19-10-2)20-17-25(5)11-3/h12-16,18,21-22,24-25H,8-11,17,19-20,23H2,1-7H3,(H,35,36)/b26-21-,29-12+,31-13?. The summed E-state index contributed by atoms with van der Waals surface area (Å²) >= 11 is 0. The van der Waals surface area contributed by atoms with Gasteiger partial charge in [0.2, 0.25) is 0 Å². The predicted molar refractivity (Wildman–Crippen MR) is 163 cm³/mol. The topological polar surface area (TPSA) is 41.0 Å². The van der Waals surface area contributed by atoms with Gasteiger partial charge in [0.25, 0.3) is 0 Å². The highest BCUT2D eigenvalue weighted by Gasteiger charge is 2.10. The predicted octanol–water partition coefficient (Wildman–Crippen LogP) is 9.14. The van der Waals surface area contributed by atoms with Gasteiger partial charge >= 0.3 is 0 Å². The lowest BCUT2D eigenvalue weighted by Gasteiger charge is -2.25. The van der Waals surface area contributed by atoms with Crippen LogP contribution in [0.1, 0.15) is 84.9 Å². The minimum absolute atomic E-state index is 0.750. The van der Waals surface area contributed by atoms with Gasteiger partial charge in [-0.25, -0.2) is 4.98 Å². The summed E-state index contributed by atoms with van der Waals surface area (Å²) in [5.74, 6) is 1.63. The van der Waals surface area contributed by atoms with Crippen molar-refractivity contribution in [2.24, 2.45) is 5.92 Å². The lowest BCUT2D eigenvalue weighted by Crippen LogP contribution is -2.26. The Labute approximate surface area is 226 Å². The summed E-state index contributed by atoms with van der Waals surface area (Å²) in [6.45, 7) is 21.7. The molecular formula is C33H48N4. The quantitative estimate of drug-likeness (QED) is 0.248. The van der Waals surface area contributed by atoms with Crippen molar-refractivity contribution in [2.75, 3.05) is 23.3 Å². The summed E-state index contributed by atoms with van der Waals surface area (Å²) in [6, 6.07) is 8.41. The number of anilines is 2. The van der Waals surface area contributed by atoms with E-state index in [0.29, 0.717) is 0 Å². The van der Waals surface area contributed by atoms with E-state index in [2.05, 4.69) is 99.7 Å². The molecular weight excluding hydrogens is 452 g/mol. The van der Waals surface area contributed by atoms with E-state index >= 15 is 0 Å². The molecule has 2 aromatic rings. The number of aromatic nitrogens is 2. The molecule has 0 aliphatic heterocycles. The molecule has 4 heteroatoms. The van der Waals surface area contributed by atoms with E-state index in [1.54, 1.807) is 0 Å². The molecule has 0 aliphatic rings. The molecule has 0 saturated carbocycles. The average Bonchev–Trinajstić information content (AvgIpc) is 2.90. The maximum absolute atomic E-state index is 4.77. The molecule has 37 heavy (non-hydrogen) atoms. The first kappa shape index (κ1) is 30.1. The number of rotatable bonds is 15. The van der Waals surface area contributed by atoms with Gasteiger partial charge < -0.3 is 10.2 Å². The third-order valence-electron chi connectivity index (χ3n) is 6.82. The molecule has 0 spiro atoms. The second kappa shape index (κ2) is 15.9. The van der Waals surface area contributed by atoms with Crippen LogP contribution in [0, 0.1) is 12.8 Å². The van der Waals surface area contributed by atoms with Gasteiger partial charge in [0, 0.05) is 37.1 Å². The molecule has 1 N–H and O–H groups in total. The Bertz CT molecular complexity index is 1080. The van der Waals surface area contributed by atoms with E-state index in [9.17, 15) is 0 Å². The van der Waals surface area contributed by atoms with Gasteiger partial charge in [0.1, 0.15) is 5.82 Å². The Balaban J connectivity index is 2.11. The lowest BCUT2D eigenvalue weighted by molar-refractivity contribution is 0.510. The summed E-state index contributed by atoms with van der Waals surface area (Å²) in [4.78, 5) is 11.5. The largest absolute Gasteiger partial charge is 0.370 e. The van der Waals surface area contributed by atoms with Gasteiger partial charge in [0.05, 0.1) is 11.9 Å². The molecule has 0 radical (unpaired) electrons. The Hall–Kier alpha value is -3.14. The minimum atomic E-state index is 0.750. The molecule has 0 aliphatic carbocycles. The van der Waals surface area contributed by atoms with E-state index in [1.165, 1.54) is 24.1 Å². The zero-order valence-corrected chi connectivity index (χ0v) is 24.3. The van der Waals surface area contributed by atoms with Gasteiger partial charge in [-0.15, -0.1) is 0 Å². The zero-order chi connectivity index (χ0) is 27.2. The highest BCUT2D eigenvalue weighted by atomic mass is 15.1. The SMILES string of the molecule is C=C(/C(C)=C\C(=C/C)CC(=CCC)Nc1ccc(N(CCC)CCC(C)CC)cn1)c1ccnc(C)c1. The summed E-state index contributed by atoms with van der Waals surface area (Å²) in [7, 11) is 0. The molecule has 0 aromatic carbocycles. The maximum atomic E-state index is 4.77. The van der Waals surface area contributed by atoms with Crippen LogP contribution >= 0.6 is 0 Å². The number of aryl methyl sites for hydroxylation is 1. The molecule has 1 unspecified atom stereocenters. The fourth-order valence-corrected chi connectivity index (χ4v) is 4.23. The smallest absolute Gasteiger partial charge is 0.130 e. The number of nitrogens with one attached hydrogen (secondary N) is 1. The zero-order valence-electron chi connectivity index (χ0n) is 24.3. The first-order valence-electron chi connectivity index (χ1n) is 13.9. The molecule has 200 valence electrons. The number of hydrogen-bond acceptors (Lipinski definition) is 4. The number of hydrogen-bond donors (Lipinski definition) is 1. The van der Waals surface area contributed by atoms with E-state index in [4.69, 9.17) is 4.98 Å². The van der Waals surface area contributed by atoms with Crippen LogP contribution in [0.3, 0.4) is 0 Å².